The van der Waals surface area contributed by atoms with Crippen molar-refractivity contribution in [2.24, 2.45) is 0 Å². The molecule has 28 heavy (non-hydrogen) atoms. The molecule has 0 N–H and O–H groups in total. The second-order valence-corrected chi connectivity index (χ2v) is 5.71. The van der Waals surface area contributed by atoms with Crippen molar-refractivity contribution in [2.75, 3.05) is 7.11 Å². The summed E-state index contributed by atoms with van der Waals surface area (Å²) >= 11 is 0. The summed E-state index contributed by atoms with van der Waals surface area (Å²) in [4.78, 5) is 16.1. The molecule has 1 aromatic heterocycles. The molecular formula is C19H15F3N2O4. The molecule has 0 amide bonds. The first kappa shape index (κ1) is 19.4. The number of rotatable bonds is 6. The third kappa shape index (κ3) is 4.67. The van der Waals surface area contributed by atoms with E-state index in [9.17, 15) is 18.0 Å². The van der Waals surface area contributed by atoms with Gasteiger partial charge in [0.2, 0.25) is 11.7 Å². The van der Waals surface area contributed by atoms with E-state index in [1.807, 2.05) is 0 Å². The SMILES string of the molecule is COc1ccc(-c2noc(CCC(=O)Oc3ccccc3C(F)(F)F)n2)cc1. The molecule has 3 rings (SSSR count). The molecule has 146 valence electrons. The predicted molar refractivity (Wildman–Crippen MR) is 91.7 cm³/mol. The van der Waals surface area contributed by atoms with Crippen LogP contribution in [0.2, 0.25) is 0 Å². The van der Waals surface area contributed by atoms with E-state index in [0.717, 1.165) is 12.1 Å². The highest BCUT2D eigenvalue weighted by Crippen LogP contribution is 2.36. The van der Waals surface area contributed by atoms with Gasteiger partial charge in [-0.3, -0.25) is 4.79 Å². The van der Waals surface area contributed by atoms with Crippen LogP contribution in [-0.4, -0.2) is 23.2 Å². The van der Waals surface area contributed by atoms with Crippen LogP contribution in [0.4, 0.5) is 13.2 Å². The Hall–Kier alpha value is -3.36. The van der Waals surface area contributed by atoms with Gasteiger partial charge in [0.15, 0.2) is 0 Å². The van der Waals surface area contributed by atoms with Crippen molar-refractivity contribution in [3.05, 3.63) is 60.0 Å². The van der Waals surface area contributed by atoms with Crippen LogP contribution in [0.5, 0.6) is 11.5 Å². The summed E-state index contributed by atoms with van der Waals surface area (Å²) < 4.78 is 53.8. The average molecular weight is 392 g/mol. The highest BCUT2D eigenvalue weighted by Gasteiger charge is 2.34. The Morgan fingerprint density at radius 2 is 1.82 bits per heavy atom. The number of aryl methyl sites for hydroxylation is 1. The van der Waals surface area contributed by atoms with Crippen LogP contribution >= 0.6 is 0 Å². The first-order valence-corrected chi connectivity index (χ1v) is 8.21. The molecule has 0 atom stereocenters. The fourth-order valence-corrected chi connectivity index (χ4v) is 2.39. The molecule has 0 aliphatic rings. The minimum atomic E-state index is -4.61. The molecule has 0 spiro atoms. The second kappa shape index (κ2) is 8.12. The maximum absolute atomic E-state index is 12.9. The van der Waals surface area contributed by atoms with Crippen molar-refractivity contribution in [3.63, 3.8) is 0 Å². The van der Waals surface area contributed by atoms with Gasteiger partial charge in [0.25, 0.3) is 0 Å². The van der Waals surface area contributed by atoms with Gasteiger partial charge >= 0.3 is 12.1 Å². The lowest BCUT2D eigenvalue weighted by atomic mass is 10.2. The maximum atomic E-state index is 12.9. The van der Waals surface area contributed by atoms with E-state index in [1.54, 1.807) is 31.4 Å². The van der Waals surface area contributed by atoms with Gasteiger partial charge in [0.1, 0.15) is 11.5 Å². The predicted octanol–water partition coefficient (Wildman–Crippen LogP) is 4.30. The number of para-hydroxylation sites is 1. The summed E-state index contributed by atoms with van der Waals surface area (Å²) in [7, 11) is 1.55. The Labute approximate surface area is 157 Å². The van der Waals surface area contributed by atoms with Gasteiger partial charge in [0, 0.05) is 12.0 Å². The van der Waals surface area contributed by atoms with Crippen molar-refractivity contribution in [1.82, 2.24) is 10.1 Å². The zero-order chi connectivity index (χ0) is 20.1. The lowest BCUT2D eigenvalue weighted by Crippen LogP contribution is -2.14. The number of hydrogen-bond acceptors (Lipinski definition) is 6. The normalized spacial score (nSPS) is 11.3. The fraction of sp³-hybridized carbons (Fsp3) is 0.211. The molecule has 0 unspecified atom stereocenters. The molecule has 0 fully saturated rings. The molecule has 1 heterocycles. The topological polar surface area (TPSA) is 74.5 Å². The van der Waals surface area contributed by atoms with Crippen LogP contribution in [0.15, 0.2) is 53.1 Å². The molecule has 3 aromatic rings. The van der Waals surface area contributed by atoms with Crippen LogP contribution in [0.1, 0.15) is 17.9 Å². The van der Waals surface area contributed by atoms with Crippen LogP contribution in [0.3, 0.4) is 0 Å². The molecule has 6 nitrogen and oxygen atoms in total. The first-order chi connectivity index (χ1) is 13.4. The number of hydrogen-bond donors (Lipinski definition) is 0. The van der Waals surface area contributed by atoms with E-state index >= 15 is 0 Å². The smallest absolute Gasteiger partial charge is 0.419 e. The van der Waals surface area contributed by atoms with Gasteiger partial charge in [-0.25, -0.2) is 0 Å². The average Bonchev–Trinajstić information content (AvgIpc) is 3.15. The number of carbonyl (C=O) groups excluding carboxylic acids is 1. The third-order valence-corrected chi connectivity index (χ3v) is 3.78. The largest absolute Gasteiger partial charge is 0.497 e. The number of halogens is 3. The Balaban J connectivity index is 1.61. The third-order valence-electron chi connectivity index (χ3n) is 3.78. The van der Waals surface area contributed by atoms with Crippen molar-refractivity contribution in [3.8, 4) is 22.9 Å². The number of aromatic nitrogens is 2. The van der Waals surface area contributed by atoms with Crippen molar-refractivity contribution in [2.45, 2.75) is 19.0 Å². The highest BCUT2D eigenvalue weighted by molar-refractivity contribution is 5.73. The molecule has 9 heteroatoms. The minimum Gasteiger partial charge on any atom is -0.497 e. The quantitative estimate of drug-likeness (QED) is 0.460. The first-order valence-electron chi connectivity index (χ1n) is 8.21. The van der Waals surface area contributed by atoms with Crippen LogP contribution in [0.25, 0.3) is 11.4 Å². The van der Waals surface area contributed by atoms with E-state index in [2.05, 4.69) is 10.1 Å². The number of benzene rings is 2. The van der Waals surface area contributed by atoms with Crippen LogP contribution in [-0.2, 0) is 17.4 Å². The zero-order valence-corrected chi connectivity index (χ0v) is 14.7. The van der Waals surface area contributed by atoms with E-state index in [4.69, 9.17) is 14.0 Å². The Bertz CT molecular complexity index is 952. The van der Waals surface area contributed by atoms with Crippen molar-refractivity contribution in [1.29, 1.82) is 0 Å². The Kier molecular flexibility index (Phi) is 5.62. The summed E-state index contributed by atoms with van der Waals surface area (Å²) in [6.45, 7) is 0. The van der Waals surface area contributed by atoms with Crippen LogP contribution in [0, 0.1) is 0 Å². The molecule has 0 aliphatic heterocycles. The summed E-state index contributed by atoms with van der Waals surface area (Å²) in [6, 6.07) is 11.5. The molecule has 0 saturated heterocycles. The summed E-state index contributed by atoms with van der Waals surface area (Å²) in [5, 5.41) is 3.82. The molecule has 0 saturated carbocycles. The van der Waals surface area contributed by atoms with E-state index in [0.29, 0.717) is 17.1 Å². The molecule has 0 radical (unpaired) electrons. The highest BCUT2D eigenvalue weighted by atomic mass is 19.4. The number of carbonyl (C=O) groups is 1. The van der Waals surface area contributed by atoms with Gasteiger partial charge in [-0.2, -0.15) is 18.2 Å². The lowest BCUT2D eigenvalue weighted by molar-refractivity contribution is -0.142. The van der Waals surface area contributed by atoms with Gasteiger partial charge in [-0.1, -0.05) is 17.3 Å². The maximum Gasteiger partial charge on any atom is 0.419 e. The number of nitrogens with zero attached hydrogens (tertiary/aromatic N) is 2. The van der Waals surface area contributed by atoms with Gasteiger partial charge in [-0.15, -0.1) is 0 Å². The number of alkyl halides is 3. The second-order valence-electron chi connectivity index (χ2n) is 5.71. The van der Waals surface area contributed by atoms with Gasteiger partial charge < -0.3 is 14.0 Å². The molecular weight excluding hydrogens is 377 g/mol. The van der Waals surface area contributed by atoms with E-state index in [1.165, 1.54) is 12.1 Å². The van der Waals surface area contributed by atoms with Crippen LogP contribution < -0.4 is 9.47 Å². The van der Waals surface area contributed by atoms with Crippen molar-refractivity contribution >= 4 is 5.97 Å². The Morgan fingerprint density at radius 3 is 2.50 bits per heavy atom. The van der Waals surface area contributed by atoms with E-state index in [-0.39, 0.29) is 18.7 Å². The summed E-state index contributed by atoms with van der Waals surface area (Å²) in [5.74, 6) is -0.194. The monoisotopic (exact) mass is 392 g/mol. The minimum absolute atomic E-state index is 0.0379. The number of methoxy groups -OCH3 is 1. The summed E-state index contributed by atoms with van der Waals surface area (Å²) in [5.41, 5.74) is -0.319. The number of ether oxygens (including phenoxy) is 2. The molecule has 2 aromatic carbocycles. The zero-order valence-electron chi connectivity index (χ0n) is 14.7. The number of esters is 1. The van der Waals surface area contributed by atoms with Gasteiger partial charge in [-0.05, 0) is 36.4 Å². The molecule has 0 aliphatic carbocycles. The molecule has 0 bridgehead atoms. The fourth-order valence-electron chi connectivity index (χ4n) is 2.39. The summed E-state index contributed by atoms with van der Waals surface area (Å²) in [6.07, 6.45) is -4.79. The lowest BCUT2D eigenvalue weighted by Gasteiger charge is -2.12. The standard InChI is InChI=1S/C19H15F3N2O4/c1-26-13-8-6-12(7-9-13)18-23-16(28-24-18)10-11-17(25)27-15-5-3-2-4-14(15)19(20,21)22/h2-9H,10-11H2,1H3. The van der Waals surface area contributed by atoms with E-state index < -0.39 is 23.5 Å². The van der Waals surface area contributed by atoms with Gasteiger partial charge in [0.05, 0.1) is 19.1 Å². The van der Waals surface area contributed by atoms with Crippen molar-refractivity contribution < 1.29 is 32.0 Å². The Morgan fingerprint density at radius 1 is 1.11 bits per heavy atom.